The van der Waals surface area contributed by atoms with Crippen LogP contribution in [-0.2, 0) is 13.0 Å². The summed E-state index contributed by atoms with van der Waals surface area (Å²) in [5, 5.41) is 12.7. The van der Waals surface area contributed by atoms with Gasteiger partial charge in [-0.25, -0.2) is 4.98 Å². The van der Waals surface area contributed by atoms with Gasteiger partial charge in [0, 0.05) is 37.4 Å². The number of hydrogen-bond acceptors (Lipinski definition) is 3. The molecule has 1 aliphatic rings. The van der Waals surface area contributed by atoms with Crippen molar-refractivity contribution in [1.29, 1.82) is 0 Å². The molecule has 1 aromatic heterocycles. The SMILES string of the molecule is CCc1nccn1CCC(CO)NC1CC1. The molecule has 4 nitrogen and oxygen atoms in total. The minimum absolute atomic E-state index is 0.229. The van der Waals surface area contributed by atoms with Crippen LogP contribution in [0.25, 0.3) is 0 Å². The van der Waals surface area contributed by atoms with E-state index in [-0.39, 0.29) is 12.6 Å². The van der Waals surface area contributed by atoms with E-state index in [1.54, 1.807) is 0 Å². The standard InChI is InChI=1S/C12H21N3O/c1-2-12-13-6-8-15(12)7-5-11(9-16)14-10-3-4-10/h6,8,10-11,14,16H,2-5,7,9H2,1H3. The zero-order chi connectivity index (χ0) is 11.4. The molecule has 2 N–H and O–H groups in total. The molecule has 0 aromatic carbocycles. The van der Waals surface area contributed by atoms with Crippen molar-refractivity contribution in [2.24, 2.45) is 0 Å². The molecule has 0 saturated heterocycles. The zero-order valence-electron chi connectivity index (χ0n) is 9.89. The van der Waals surface area contributed by atoms with Crippen LogP contribution in [0.3, 0.4) is 0 Å². The second-order valence-corrected chi connectivity index (χ2v) is 4.50. The predicted molar refractivity (Wildman–Crippen MR) is 63.3 cm³/mol. The van der Waals surface area contributed by atoms with Crippen molar-refractivity contribution in [2.75, 3.05) is 6.61 Å². The number of aromatic nitrogens is 2. The predicted octanol–water partition coefficient (Wildman–Crippen LogP) is 0.949. The van der Waals surface area contributed by atoms with Gasteiger partial charge in [-0.2, -0.15) is 0 Å². The van der Waals surface area contributed by atoms with E-state index in [0.29, 0.717) is 6.04 Å². The third kappa shape index (κ3) is 3.06. The summed E-state index contributed by atoms with van der Waals surface area (Å²) in [6.07, 6.45) is 8.33. The third-order valence-electron chi connectivity index (χ3n) is 3.11. The molecule has 0 aliphatic heterocycles. The highest BCUT2D eigenvalue weighted by atomic mass is 16.3. The van der Waals surface area contributed by atoms with Crippen LogP contribution in [0.1, 0.15) is 32.0 Å². The van der Waals surface area contributed by atoms with Gasteiger partial charge in [0.2, 0.25) is 0 Å². The molecule has 1 saturated carbocycles. The van der Waals surface area contributed by atoms with Crippen molar-refractivity contribution < 1.29 is 5.11 Å². The van der Waals surface area contributed by atoms with Gasteiger partial charge in [-0.3, -0.25) is 0 Å². The third-order valence-corrected chi connectivity index (χ3v) is 3.11. The van der Waals surface area contributed by atoms with Crippen LogP contribution in [0.4, 0.5) is 0 Å². The van der Waals surface area contributed by atoms with Crippen LogP contribution < -0.4 is 5.32 Å². The van der Waals surface area contributed by atoms with E-state index in [4.69, 9.17) is 0 Å². The first-order valence-electron chi connectivity index (χ1n) is 6.20. The molecule has 1 unspecified atom stereocenters. The molecule has 1 atom stereocenters. The van der Waals surface area contributed by atoms with Gasteiger partial charge in [0.15, 0.2) is 0 Å². The van der Waals surface area contributed by atoms with E-state index in [1.807, 2.05) is 12.4 Å². The van der Waals surface area contributed by atoms with Crippen LogP contribution in [0, 0.1) is 0 Å². The highest BCUT2D eigenvalue weighted by molar-refractivity contribution is 4.92. The first-order chi connectivity index (χ1) is 7.83. The van der Waals surface area contributed by atoms with Crippen molar-refractivity contribution in [3.05, 3.63) is 18.2 Å². The largest absolute Gasteiger partial charge is 0.395 e. The Hall–Kier alpha value is -0.870. The van der Waals surface area contributed by atoms with Gasteiger partial charge >= 0.3 is 0 Å². The van der Waals surface area contributed by atoms with Gasteiger partial charge in [0.05, 0.1) is 6.61 Å². The second-order valence-electron chi connectivity index (χ2n) is 4.50. The summed E-state index contributed by atoms with van der Waals surface area (Å²) in [5.74, 6) is 1.13. The Bertz CT molecular complexity index is 320. The normalized spacial score (nSPS) is 17.6. The Morgan fingerprint density at radius 2 is 2.44 bits per heavy atom. The molecule has 16 heavy (non-hydrogen) atoms. The van der Waals surface area contributed by atoms with Crippen LogP contribution in [0.5, 0.6) is 0 Å². The molecule has 1 aliphatic carbocycles. The van der Waals surface area contributed by atoms with Crippen molar-refractivity contribution >= 4 is 0 Å². The molecule has 1 fully saturated rings. The number of hydrogen-bond donors (Lipinski definition) is 2. The number of rotatable bonds is 7. The fourth-order valence-corrected chi connectivity index (χ4v) is 1.96. The topological polar surface area (TPSA) is 50.1 Å². The Labute approximate surface area is 96.7 Å². The number of nitrogens with zero attached hydrogens (tertiary/aromatic N) is 2. The van der Waals surface area contributed by atoms with Gasteiger partial charge in [-0.05, 0) is 19.3 Å². The second kappa shape index (κ2) is 5.46. The first-order valence-corrected chi connectivity index (χ1v) is 6.20. The summed E-state index contributed by atoms with van der Waals surface area (Å²) in [4.78, 5) is 4.29. The zero-order valence-corrected chi connectivity index (χ0v) is 9.89. The summed E-state index contributed by atoms with van der Waals surface area (Å²) in [6.45, 7) is 3.28. The Morgan fingerprint density at radius 3 is 3.06 bits per heavy atom. The van der Waals surface area contributed by atoms with Crippen LogP contribution in [-0.4, -0.2) is 33.3 Å². The summed E-state index contributed by atoms with van der Waals surface area (Å²) in [6, 6.07) is 0.894. The van der Waals surface area contributed by atoms with Crippen LogP contribution in [0.15, 0.2) is 12.4 Å². The molecule has 0 spiro atoms. The fourth-order valence-electron chi connectivity index (χ4n) is 1.96. The van der Waals surface area contributed by atoms with E-state index in [1.165, 1.54) is 12.8 Å². The Balaban J connectivity index is 1.79. The van der Waals surface area contributed by atoms with Gasteiger partial charge < -0.3 is 15.0 Å². The summed E-state index contributed by atoms with van der Waals surface area (Å²) < 4.78 is 2.18. The number of aliphatic hydroxyl groups excluding tert-OH is 1. The minimum atomic E-state index is 0.229. The van der Waals surface area contributed by atoms with E-state index in [2.05, 4.69) is 21.8 Å². The highest BCUT2D eigenvalue weighted by Gasteiger charge is 2.24. The Morgan fingerprint density at radius 1 is 1.62 bits per heavy atom. The highest BCUT2D eigenvalue weighted by Crippen LogP contribution is 2.20. The van der Waals surface area contributed by atoms with Gasteiger partial charge in [-0.15, -0.1) is 0 Å². The first kappa shape index (κ1) is 11.6. The van der Waals surface area contributed by atoms with Gasteiger partial charge in [-0.1, -0.05) is 6.92 Å². The molecule has 0 amide bonds. The van der Waals surface area contributed by atoms with E-state index < -0.39 is 0 Å². The molecular formula is C12H21N3O. The minimum Gasteiger partial charge on any atom is -0.395 e. The molecule has 1 aromatic rings. The van der Waals surface area contributed by atoms with Crippen molar-refractivity contribution in [2.45, 2.75) is 51.2 Å². The van der Waals surface area contributed by atoms with E-state index in [9.17, 15) is 5.11 Å². The van der Waals surface area contributed by atoms with Crippen molar-refractivity contribution in [3.8, 4) is 0 Å². The van der Waals surface area contributed by atoms with Crippen molar-refractivity contribution in [1.82, 2.24) is 14.9 Å². The van der Waals surface area contributed by atoms with Gasteiger partial charge in [0.25, 0.3) is 0 Å². The molecule has 90 valence electrons. The smallest absolute Gasteiger partial charge is 0.108 e. The monoisotopic (exact) mass is 223 g/mol. The lowest BCUT2D eigenvalue weighted by Crippen LogP contribution is -2.35. The quantitative estimate of drug-likeness (QED) is 0.723. The molecule has 1 heterocycles. The number of imidazole rings is 1. The van der Waals surface area contributed by atoms with Crippen LogP contribution >= 0.6 is 0 Å². The summed E-state index contributed by atoms with van der Waals surface area (Å²) in [5.41, 5.74) is 0. The number of nitrogens with one attached hydrogen (secondary N) is 1. The average Bonchev–Trinajstić information content (AvgIpc) is 3.00. The maximum absolute atomic E-state index is 9.27. The van der Waals surface area contributed by atoms with Gasteiger partial charge in [0.1, 0.15) is 5.82 Å². The summed E-state index contributed by atoms with van der Waals surface area (Å²) >= 11 is 0. The lowest BCUT2D eigenvalue weighted by Gasteiger charge is -2.16. The van der Waals surface area contributed by atoms with E-state index >= 15 is 0 Å². The average molecular weight is 223 g/mol. The van der Waals surface area contributed by atoms with Crippen LogP contribution in [0.2, 0.25) is 0 Å². The summed E-state index contributed by atoms with van der Waals surface area (Å²) in [7, 11) is 0. The number of aliphatic hydroxyl groups is 1. The maximum Gasteiger partial charge on any atom is 0.108 e. The molecular weight excluding hydrogens is 202 g/mol. The van der Waals surface area contributed by atoms with E-state index in [0.717, 1.165) is 25.2 Å². The molecule has 4 heteroatoms. The van der Waals surface area contributed by atoms with Crippen molar-refractivity contribution in [3.63, 3.8) is 0 Å². The molecule has 0 radical (unpaired) electrons. The molecule has 0 bridgehead atoms. The molecule has 2 rings (SSSR count). The maximum atomic E-state index is 9.27. The lowest BCUT2D eigenvalue weighted by molar-refractivity contribution is 0.230. The number of aryl methyl sites for hydroxylation is 2. The Kier molecular flexibility index (Phi) is 3.96. The lowest BCUT2D eigenvalue weighted by atomic mass is 10.2. The fraction of sp³-hybridized carbons (Fsp3) is 0.750.